The van der Waals surface area contributed by atoms with E-state index in [0.29, 0.717) is 18.8 Å². The van der Waals surface area contributed by atoms with Gasteiger partial charge < -0.3 is 10.1 Å². The lowest BCUT2D eigenvalue weighted by atomic mass is 10.3. The van der Waals surface area contributed by atoms with Gasteiger partial charge in [-0.05, 0) is 19.0 Å². The van der Waals surface area contributed by atoms with Gasteiger partial charge in [-0.3, -0.25) is 0 Å². The van der Waals surface area contributed by atoms with Gasteiger partial charge in [0.05, 0.1) is 12.2 Å². The van der Waals surface area contributed by atoms with E-state index < -0.39 is 11.7 Å². The van der Waals surface area contributed by atoms with E-state index in [2.05, 4.69) is 10.3 Å². The highest BCUT2D eigenvalue weighted by Crippen LogP contribution is 2.32. The van der Waals surface area contributed by atoms with Gasteiger partial charge in [-0.15, -0.1) is 0 Å². The number of alkyl halides is 3. The zero-order valence-corrected chi connectivity index (χ0v) is 11.5. The summed E-state index contributed by atoms with van der Waals surface area (Å²) in [6.07, 6.45) is -3.01. The standard InChI is InChI=1S/C12H16ClF3N2O/c1-8(2)17-4-3-5-19-11-10(13)6-9(7-18-11)12(14,15)16/h6-8,17H,3-5H2,1-2H3. The molecule has 0 aliphatic carbocycles. The summed E-state index contributed by atoms with van der Waals surface area (Å²) in [4.78, 5) is 3.58. The lowest BCUT2D eigenvalue weighted by Gasteiger charge is -2.11. The smallest absolute Gasteiger partial charge is 0.417 e. The van der Waals surface area contributed by atoms with Crippen molar-refractivity contribution in [2.45, 2.75) is 32.5 Å². The van der Waals surface area contributed by atoms with E-state index in [9.17, 15) is 13.2 Å². The highest BCUT2D eigenvalue weighted by molar-refractivity contribution is 6.31. The van der Waals surface area contributed by atoms with Crippen LogP contribution in [0, 0.1) is 0 Å². The normalized spacial score (nSPS) is 11.9. The fraction of sp³-hybridized carbons (Fsp3) is 0.583. The summed E-state index contributed by atoms with van der Waals surface area (Å²) in [5.41, 5.74) is -0.883. The third-order valence-corrected chi connectivity index (χ3v) is 2.52. The Morgan fingerprint density at radius 1 is 1.42 bits per heavy atom. The van der Waals surface area contributed by atoms with Gasteiger partial charge in [-0.1, -0.05) is 25.4 Å². The number of rotatable bonds is 6. The van der Waals surface area contributed by atoms with Crippen LogP contribution in [-0.4, -0.2) is 24.2 Å². The molecule has 0 atom stereocenters. The van der Waals surface area contributed by atoms with Crippen molar-refractivity contribution in [1.29, 1.82) is 0 Å². The minimum atomic E-state index is -4.45. The molecule has 1 heterocycles. The second-order valence-electron chi connectivity index (χ2n) is 4.32. The molecular weight excluding hydrogens is 281 g/mol. The van der Waals surface area contributed by atoms with Crippen LogP contribution in [-0.2, 0) is 6.18 Å². The third kappa shape index (κ3) is 5.65. The van der Waals surface area contributed by atoms with Crippen molar-refractivity contribution >= 4 is 11.6 Å². The third-order valence-electron chi connectivity index (χ3n) is 2.25. The number of nitrogens with one attached hydrogen (secondary N) is 1. The average molecular weight is 297 g/mol. The van der Waals surface area contributed by atoms with Crippen LogP contribution in [0.2, 0.25) is 5.02 Å². The van der Waals surface area contributed by atoms with Crippen molar-refractivity contribution in [3.63, 3.8) is 0 Å². The Labute approximate surface area is 115 Å². The van der Waals surface area contributed by atoms with Crippen molar-refractivity contribution in [2.75, 3.05) is 13.2 Å². The SMILES string of the molecule is CC(C)NCCCOc1ncc(C(F)(F)F)cc1Cl. The number of hydrogen-bond donors (Lipinski definition) is 1. The maximum atomic E-state index is 12.4. The zero-order valence-electron chi connectivity index (χ0n) is 10.7. The molecule has 0 fully saturated rings. The first-order valence-corrected chi connectivity index (χ1v) is 6.27. The molecule has 1 N–H and O–H groups in total. The van der Waals surface area contributed by atoms with E-state index in [4.69, 9.17) is 16.3 Å². The predicted molar refractivity (Wildman–Crippen MR) is 67.5 cm³/mol. The van der Waals surface area contributed by atoms with Gasteiger partial charge in [0.2, 0.25) is 5.88 Å². The van der Waals surface area contributed by atoms with Crippen LogP contribution in [0.1, 0.15) is 25.8 Å². The molecule has 0 aromatic carbocycles. The molecule has 0 unspecified atom stereocenters. The molecule has 0 spiro atoms. The van der Waals surface area contributed by atoms with Crippen LogP contribution in [0.25, 0.3) is 0 Å². The molecule has 1 rings (SSSR count). The van der Waals surface area contributed by atoms with Crippen molar-refractivity contribution in [2.24, 2.45) is 0 Å². The number of pyridine rings is 1. The van der Waals surface area contributed by atoms with Crippen LogP contribution in [0.4, 0.5) is 13.2 Å². The lowest BCUT2D eigenvalue weighted by molar-refractivity contribution is -0.137. The number of aromatic nitrogens is 1. The Hall–Kier alpha value is -1.01. The molecule has 1 aromatic rings. The first-order chi connectivity index (χ1) is 8.80. The van der Waals surface area contributed by atoms with E-state index in [-0.39, 0.29) is 10.9 Å². The van der Waals surface area contributed by atoms with Gasteiger partial charge >= 0.3 is 6.18 Å². The fourth-order valence-electron chi connectivity index (χ4n) is 1.32. The Bertz CT molecular complexity index is 410. The Balaban J connectivity index is 2.47. The molecule has 0 bridgehead atoms. The van der Waals surface area contributed by atoms with Gasteiger partial charge in [-0.2, -0.15) is 13.2 Å². The van der Waals surface area contributed by atoms with Crippen LogP contribution < -0.4 is 10.1 Å². The van der Waals surface area contributed by atoms with Gasteiger partial charge in [-0.25, -0.2) is 4.98 Å². The summed E-state index contributed by atoms with van der Waals surface area (Å²) in [7, 11) is 0. The van der Waals surface area contributed by atoms with Gasteiger partial charge in [0.25, 0.3) is 0 Å². The van der Waals surface area contributed by atoms with Gasteiger partial charge in [0.15, 0.2) is 0 Å². The van der Waals surface area contributed by atoms with E-state index in [1.54, 1.807) is 0 Å². The molecule has 0 aliphatic heterocycles. The van der Waals surface area contributed by atoms with Crippen LogP contribution >= 0.6 is 11.6 Å². The number of nitrogens with zero attached hydrogens (tertiary/aromatic N) is 1. The quantitative estimate of drug-likeness (QED) is 0.816. The van der Waals surface area contributed by atoms with Crippen LogP contribution in [0.5, 0.6) is 5.88 Å². The minimum Gasteiger partial charge on any atom is -0.477 e. The predicted octanol–water partition coefficient (Wildman–Crippen LogP) is 3.52. The average Bonchev–Trinajstić information content (AvgIpc) is 2.28. The monoisotopic (exact) mass is 296 g/mol. The molecule has 0 saturated carbocycles. The molecule has 19 heavy (non-hydrogen) atoms. The van der Waals surface area contributed by atoms with E-state index in [1.807, 2.05) is 13.8 Å². The first kappa shape index (κ1) is 16.0. The molecule has 3 nitrogen and oxygen atoms in total. The maximum Gasteiger partial charge on any atom is 0.417 e. The van der Waals surface area contributed by atoms with E-state index >= 15 is 0 Å². The summed E-state index contributed by atoms with van der Waals surface area (Å²) in [5.74, 6) is 0.0270. The lowest BCUT2D eigenvalue weighted by Crippen LogP contribution is -2.24. The number of hydrogen-bond acceptors (Lipinski definition) is 3. The molecule has 0 aliphatic rings. The van der Waals surface area contributed by atoms with Crippen molar-refractivity contribution in [3.8, 4) is 5.88 Å². The first-order valence-electron chi connectivity index (χ1n) is 5.89. The molecule has 7 heteroatoms. The molecule has 0 saturated heterocycles. The second kappa shape index (κ2) is 6.96. The van der Waals surface area contributed by atoms with Crippen LogP contribution in [0.3, 0.4) is 0 Å². The van der Waals surface area contributed by atoms with E-state index in [0.717, 1.165) is 19.0 Å². The molecule has 1 aromatic heterocycles. The number of halogens is 4. The largest absolute Gasteiger partial charge is 0.477 e. The molecule has 108 valence electrons. The van der Waals surface area contributed by atoms with Crippen molar-refractivity contribution in [1.82, 2.24) is 10.3 Å². The molecule has 0 radical (unpaired) electrons. The topological polar surface area (TPSA) is 34.1 Å². The molecule has 0 amide bonds. The number of ether oxygens (including phenoxy) is 1. The zero-order chi connectivity index (χ0) is 14.5. The highest BCUT2D eigenvalue weighted by Gasteiger charge is 2.31. The van der Waals surface area contributed by atoms with Crippen LogP contribution in [0.15, 0.2) is 12.3 Å². The minimum absolute atomic E-state index is 0.0270. The van der Waals surface area contributed by atoms with Gasteiger partial charge in [0, 0.05) is 12.2 Å². The second-order valence-corrected chi connectivity index (χ2v) is 4.73. The van der Waals surface area contributed by atoms with Crippen molar-refractivity contribution in [3.05, 3.63) is 22.8 Å². The maximum absolute atomic E-state index is 12.4. The summed E-state index contributed by atoms with van der Waals surface area (Å²) in [6.45, 7) is 5.15. The Kier molecular flexibility index (Phi) is 5.87. The summed E-state index contributed by atoms with van der Waals surface area (Å²) >= 11 is 5.70. The molecular formula is C12H16ClF3N2O. The summed E-state index contributed by atoms with van der Waals surface area (Å²) in [5, 5.41) is 3.06. The summed E-state index contributed by atoms with van der Waals surface area (Å²) < 4.78 is 42.4. The van der Waals surface area contributed by atoms with Gasteiger partial charge in [0.1, 0.15) is 5.02 Å². The Morgan fingerprint density at radius 2 is 2.11 bits per heavy atom. The van der Waals surface area contributed by atoms with Crippen molar-refractivity contribution < 1.29 is 17.9 Å². The summed E-state index contributed by atoms with van der Waals surface area (Å²) in [6, 6.07) is 1.20. The van der Waals surface area contributed by atoms with E-state index in [1.165, 1.54) is 0 Å². The fourth-order valence-corrected chi connectivity index (χ4v) is 1.54. The highest BCUT2D eigenvalue weighted by atomic mass is 35.5. The Morgan fingerprint density at radius 3 is 2.63 bits per heavy atom.